The van der Waals surface area contributed by atoms with Crippen molar-refractivity contribution >= 4 is 17.5 Å². The Morgan fingerprint density at radius 3 is 2.48 bits per heavy atom. The predicted octanol–water partition coefficient (Wildman–Crippen LogP) is 2.11. The molecule has 1 atom stereocenters. The van der Waals surface area contributed by atoms with E-state index in [1.807, 2.05) is 0 Å². The molecule has 0 radical (unpaired) electrons. The van der Waals surface area contributed by atoms with Crippen LogP contribution in [0.1, 0.15) is 12.0 Å². The molecule has 0 aromatic heterocycles. The van der Waals surface area contributed by atoms with Crippen molar-refractivity contribution in [3.05, 3.63) is 42.5 Å². The summed E-state index contributed by atoms with van der Waals surface area (Å²) in [5.74, 6) is -0.799. The first-order chi connectivity index (χ1) is 9.82. The van der Waals surface area contributed by atoms with Gasteiger partial charge in [-0.3, -0.25) is 9.59 Å². The molecule has 0 spiro atoms. The summed E-state index contributed by atoms with van der Waals surface area (Å²) in [7, 11) is 0. The third kappa shape index (κ3) is 3.24. The minimum Gasteiger partial charge on any atom is -0.341 e. The summed E-state index contributed by atoms with van der Waals surface area (Å²) >= 11 is 0. The molecule has 2 rings (SSSR count). The van der Waals surface area contributed by atoms with Gasteiger partial charge in [0.1, 0.15) is 6.04 Å². The second-order valence-electron chi connectivity index (χ2n) is 4.59. The van der Waals surface area contributed by atoms with Gasteiger partial charge in [0.25, 0.3) is 0 Å². The second kappa shape index (κ2) is 5.59. The zero-order chi connectivity index (χ0) is 15.6. The third-order valence-electron chi connectivity index (χ3n) is 3.21. The van der Waals surface area contributed by atoms with Crippen LogP contribution in [0.4, 0.5) is 18.9 Å². The highest BCUT2D eigenvalue weighted by Gasteiger charge is 2.34. The van der Waals surface area contributed by atoms with E-state index in [1.54, 1.807) is 0 Å². The third-order valence-corrected chi connectivity index (χ3v) is 3.21. The Morgan fingerprint density at radius 1 is 1.33 bits per heavy atom. The fourth-order valence-electron chi connectivity index (χ4n) is 2.13. The van der Waals surface area contributed by atoms with E-state index in [2.05, 4.69) is 11.9 Å². The highest BCUT2D eigenvalue weighted by atomic mass is 19.4. The Balaban J connectivity index is 2.11. The van der Waals surface area contributed by atoms with Gasteiger partial charge in [-0.15, -0.1) is 0 Å². The number of amides is 2. The maximum atomic E-state index is 12.5. The van der Waals surface area contributed by atoms with E-state index in [-0.39, 0.29) is 5.91 Å². The molecule has 0 aliphatic carbocycles. The van der Waals surface area contributed by atoms with Crippen molar-refractivity contribution in [1.29, 1.82) is 0 Å². The van der Waals surface area contributed by atoms with Gasteiger partial charge in [-0.2, -0.15) is 13.2 Å². The van der Waals surface area contributed by atoms with Gasteiger partial charge in [-0.1, -0.05) is 6.58 Å². The van der Waals surface area contributed by atoms with Crippen LogP contribution in [-0.2, 0) is 15.8 Å². The molecule has 1 unspecified atom stereocenters. The minimum atomic E-state index is -4.41. The van der Waals surface area contributed by atoms with Crippen molar-refractivity contribution < 1.29 is 22.8 Å². The summed E-state index contributed by atoms with van der Waals surface area (Å²) in [5, 5.41) is 2.49. The highest BCUT2D eigenvalue weighted by molar-refractivity contribution is 6.02. The average Bonchev–Trinajstić information content (AvgIpc) is 2.79. The quantitative estimate of drug-likeness (QED) is 0.869. The van der Waals surface area contributed by atoms with Crippen LogP contribution in [0.5, 0.6) is 0 Å². The molecule has 4 nitrogen and oxygen atoms in total. The number of rotatable bonds is 3. The first kappa shape index (κ1) is 15.1. The summed E-state index contributed by atoms with van der Waals surface area (Å²) in [6.45, 7) is 3.63. The van der Waals surface area contributed by atoms with Gasteiger partial charge >= 0.3 is 6.18 Å². The van der Waals surface area contributed by atoms with Crippen molar-refractivity contribution in [1.82, 2.24) is 5.32 Å². The van der Waals surface area contributed by atoms with Crippen LogP contribution in [0.25, 0.3) is 0 Å². The van der Waals surface area contributed by atoms with E-state index >= 15 is 0 Å². The molecular formula is C14H13F3N2O2. The largest absolute Gasteiger partial charge is 0.416 e. The van der Waals surface area contributed by atoms with Gasteiger partial charge in [0.2, 0.25) is 11.8 Å². The molecule has 21 heavy (non-hydrogen) atoms. The van der Waals surface area contributed by atoms with Crippen molar-refractivity contribution in [2.75, 3.05) is 11.4 Å². The molecule has 1 aliphatic heterocycles. The van der Waals surface area contributed by atoms with Gasteiger partial charge in [0.05, 0.1) is 5.56 Å². The molecule has 0 saturated carbocycles. The Labute approximate surface area is 119 Å². The molecule has 1 aromatic carbocycles. The van der Waals surface area contributed by atoms with E-state index in [1.165, 1.54) is 17.0 Å². The molecular weight excluding hydrogens is 285 g/mol. The summed E-state index contributed by atoms with van der Waals surface area (Å²) in [5.41, 5.74) is -0.391. The highest BCUT2D eigenvalue weighted by Crippen LogP contribution is 2.31. The van der Waals surface area contributed by atoms with Crippen LogP contribution < -0.4 is 10.2 Å². The molecule has 1 aromatic rings. The summed E-state index contributed by atoms with van der Waals surface area (Å²) < 4.78 is 37.4. The number of halogens is 3. The molecule has 1 aliphatic rings. The lowest BCUT2D eigenvalue weighted by Crippen LogP contribution is -2.40. The van der Waals surface area contributed by atoms with Gasteiger partial charge in [0, 0.05) is 12.2 Å². The fourth-order valence-corrected chi connectivity index (χ4v) is 2.13. The first-order valence-electron chi connectivity index (χ1n) is 6.24. The van der Waals surface area contributed by atoms with E-state index < -0.39 is 23.7 Å². The van der Waals surface area contributed by atoms with E-state index in [0.29, 0.717) is 18.7 Å². The molecule has 112 valence electrons. The number of hydrogen-bond donors (Lipinski definition) is 1. The van der Waals surface area contributed by atoms with Crippen molar-refractivity contribution in [3.8, 4) is 0 Å². The summed E-state index contributed by atoms with van der Waals surface area (Å²) in [4.78, 5) is 24.6. The Morgan fingerprint density at radius 2 is 1.95 bits per heavy atom. The number of nitrogens with zero attached hydrogens (tertiary/aromatic N) is 1. The molecule has 2 amide bonds. The van der Waals surface area contributed by atoms with Gasteiger partial charge in [0.15, 0.2) is 0 Å². The second-order valence-corrected chi connectivity index (χ2v) is 4.59. The summed E-state index contributed by atoms with van der Waals surface area (Å²) in [6, 6.07) is 3.69. The minimum absolute atomic E-state index is 0.340. The molecule has 1 fully saturated rings. The van der Waals surface area contributed by atoms with Gasteiger partial charge < -0.3 is 10.2 Å². The van der Waals surface area contributed by atoms with Crippen LogP contribution in [0.2, 0.25) is 0 Å². The number of nitrogens with one attached hydrogen (secondary N) is 1. The Bertz CT molecular complexity index is 567. The van der Waals surface area contributed by atoms with Crippen LogP contribution in [0.3, 0.4) is 0 Å². The molecule has 1 N–H and O–H groups in total. The van der Waals surface area contributed by atoms with Crippen LogP contribution >= 0.6 is 0 Å². The van der Waals surface area contributed by atoms with E-state index in [4.69, 9.17) is 0 Å². The van der Waals surface area contributed by atoms with E-state index in [0.717, 1.165) is 18.2 Å². The Kier molecular flexibility index (Phi) is 4.02. The van der Waals surface area contributed by atoms with Crippen molar-refractivity contribution in [2.45, 2.75) is 18.6 Å². The first-order valence-corrected chi connectivity index (χ1v) is 6.24. The molecule has 1 heterocycles. The lowest BCUT2D eigenvalue weighted by atomic mass is 10.2. The number of alkyl halides is 3. The number of hydrogen-bond acceptors (Lipinski definition) is 2. The topological polar surface area (TPSA) is 49.4 Å². The fraction of sp³-hybridized carbons (Fsp3) is 0.286. The average molecular weight is 298 g/mol. The lowest BCUT2D eigenvalue weighted by Gasteiger charge is -2.17. The van der Waals surface area contributed by atoms with Crippen LogP contribution in [0, 0.1) is 0 Å². The molecule has 0 bridgehead atoms. The molecule has 1 saturated heterocycles. The number of benzene rings is 1. The van der Waals surface area contributed by atoms with Crippen molar-refractivity contribution in [2.24, 2.45) is 0 Å². The van der Waals surface area contributed by atoms with E-state index in [9.17, 15) is 22.8 Å². The maximum Gasteiger partial charge on any atom is 0.416 e. The monoisotopic (exact) mass is 298 g/mol. The number of anilines is 1. The maximum absolute atomic E-state index is 12.5. The number of carbonyl (C=O) groups is 2. The summed E-state index contributed by atoms with van der Waals surface area (Å²) in [6.07, 6.45) is -2.94. The smallest absolute Gasteiger partial charge is 0.341 e. The zero-order valence-corrected chi connectivity index (χ0v) is 11.0. The van der Waals surface area contributed by atoms with Crippen molar-refractivity contribution in [3.63, 3.8) is 0 Å². The van der Waals surface area contributed by atoms with Gasteiger partial charge in [-0.05, 0) is 36.8 Å². The lowest BCUT2D eigenvalue weighted by molar-refractivity contribution is -0.137. The van der Waals surface area contributed by atoms with Crippen LogP contribution in [-0.4, -0.2) is 24.4 Å². The van der Waals surface area contributed by atoms with Crippen LogP contribution in [0.15, 0.2) is 36.9 Å². The Hall–Kier alpha value is -2.31. The normalized spacial score (nSPS) is 18.7. The SMILES string of the molecule is C=CC(=O)NC1CCN(c2ccc(C(F)(F)F)cc2)C1=O. The van der Waals surface area contributed by atoms with Gasteiger partial charge in [-0.25, -0.2) is 0 Å². The standard InChI is InChI=1S/C14H13F3N2O2/c1-2-12(20)18-11-7-8-19(13(11)21)10-5-3-9(4-6-10)14(15,16)17/h2-6,11H,1,7-8H2,(H,18,20). The number of carbonyl (C=O) groups excluding carboxylic acids is 2. The predicted molar refractivity (Wildman–Crippen MR) is 70.5 cm³/mol. The molecule has 7 heteroatoms. The zero-order valence-electron chi connectivity index (χ0n) is 11.0.